The lowest BCUT2D eigenvalue weighted by atomic mass is 9.97. The normalized spacial score (nSPS) is 11.2. The molecule has 0 saturated heterocycles. The second-order valence-corrected chi connectivity index (χ2v) is 5.10. The summed E-state index contributed by atoms with van der Waals surface area (Å²) in [6, 6.07) is 6.06. The Balaban J connectivity index is 2.78. The third-order valence-corrected chi connectivity index (χ3v) is 3.17. The standard InChI is InChI=1S/C14H18FNO3/c1-14(2,9-13(18)19)16(3)12(17)8-10-6-4-5-7-11(10)15/h4-7H,8-9H2,1-3H3,(H,18,19). The van der Waals surface area contributed by atoms with Crippen molar-refractivity contribution in [3.05, 3.63) is 35.6 Å². The quantitative estimate of drug-likeness (QED) is 0.888. The van der Waals surface area contributed by atoms with E-state index in [1.165, 1.54) is 18.0 Å². The maximum atomic E-state index is 13.5. The molecule has 0 aliphatic rings. The molecule has 0 saturated carbocycles. The third-order valence-electron chi connectivity index (χ3n) is 3.17. The van der Waals surface area contributed by atoms with E-state index in [9.17, 15) is 14.0 Å². The molecule has 0 fully saturated rings. The van der Waals surface area contributed by atoms with Gasteiger partial charge in [0.15, 0.2) is 0 Å². The molecule has 1 N–H and O–H groups in total. The number of nitrogens with zero attached hydrogens (tertiary/aromatic N) is 1. The summed E-state index contributed by atoms with van der Waals surface area (Å²) in [4.78, 5) is 24.2. The molecule has 0 heterocycles. The first-order chi connectivity index (χ1) is 8.74. The van der Waals surface area contributed by atoms with Crippen LogP contribution in [0.3, 0.4) is 0 Å². The molecule has 0 unspecified atom stereocenters. The first-order valence-electron chi connectivity index (χ1n) is 5.96. The van der Waals surface area contributed by atoms with Crippen molar-refractivity contribution in [2.75, 3.05) is 7.05 Å². The molecular formula is C14H18FNO3. The summed E-state index contributed by atoms with van der Waals surface area (Å²) in [6.07, 6.45) is -0.237. The summed E-state index contributed by atoms with van der Waals surface area (Å²) in [7, 11) is 1.53. The lowest BCUT2D eigenvalue weighted by molar-refractivity contribution is -0.142. The summed E-state index contributed by atoms with van der Waals surface area (Å²) in [5.41, 5.74) is -0.501. The van der Waals surface area contributed by atoms with Crippen LogP contribution in [0, 0.1) is 5.82 Å². The first-order valence-corrected chi connectivity index (χ1v) is 5.96. The number of likely N-dealkylation sites (N-methyl/N-ethyl adjacent to an activating group) is 1. The van der Waals surface area contributed by atoms with Gasteiger partial charge in [-0.05, 0) is 25.5 Å². The molecule has 1 rings (SSSR count). The second kappa shape index (κ2) is 5.82. The van der Waals surface area contributed by atoms with Gasteiger partial charge < -0.3 is 10.0 Å². The third kappa shape index (κ3) is 4.05. The number of carboxylic acids is 1. The Bertz CT molecular complexity index is 485. The Morgan fingerprint density at radius 2 is 1.89 bits per heavy atom. The molecule has 5 heteroatoms. The van der Waals surface area contributed by atoms with Gasteiger partial charge in [0.25, 0.3) is 0 Å². The highest BCUT2D eigenvalue weighted by Crippen LogP contribution is 2.19. The van der Waals surface area contributed by atoms with Crippen molar-refractivity contribution >= 4 is 11.9 Å². The SMILES string of the molecule is CN(C(=O)Cc1ccccc1F)C(C)(C)CC(=O)O. The molecule has 0 atom stereocenters. The first kappa shape index (κ1) is 15.1. The molecule has 4 nitrogen and oxygen atoms in total. The lowest BCUT2D eigenvalue weighted by Gasteiger charge is -2.34. The molecule has 0 radical (unpaired) electrons. The van der Waals surface area contributed by atoms with Gasteiger partial charge in [-0.3, -0.25) is 9.59 Å². The van der Waals surface area contributed by atoms with E-state index in [2.05, 4.69) is 0 Å². The van der Waals surface area contributed by atoms with Crippen LogP contribution in [0.5, 0.6) is 0 Å². The van der Waals surface area contributed by atoms with Crippen molar-refractivity contribution in [3.63, 3.8) is 0 Å². The van der Waals surface area contributed by atoms with Gasteiger partial charge in [-0.2, -0.15) is 0 Å². The maximum Gasteiger partial charge on any atom is 0.305 e. The van der Waals surface area contributed by atoms with Gasteiger partial charge in [0, 0.05) is 12.6 Å². The van der Waals surface area contributed by atoms with E-state index in [4.69, 9.17) is 5.11 Å². The molecule has 0 aliphatic carbocycles. The van der Waals surface area contributed by atoms with E-state index in [0.717, 1.165) is 0 Å². The van der Waals surface area contributed by atoms with Gasteiger partial charge in [0.2, 0.25) is 5.91 Å². The fraction of sp³-hybridized carbons (Fsp3) is 0.429. The molecule has 0 aromatic heterocycles. The van der Waals surface area contributed by atoms with Crippen molar-refractivity contribution < 1.29 is 19.1 Å². The largest absolute Gasteiger partial charge is 0.481 e. The number of amides is 1. The lowest BCUT2D eigenvalue weighted by Crippen LogP contribution is -2.47. The number of hydrogen-bond acceptors (Lipinski definition) is 2. The topological polar surface area (TPSA) is 57.6 Å². The van der Waals surface area contributed by atoms with Crippen molar-refractivity contribution in [1.29, 1.82) is 0 Å². The molecule has 0 spiro atoms. The predicted molar refractivity (Wildman–Crippen MR) is 69.2 cm³/mol. The van der Waals surface area contributed by atoms with E-state index < -0.39 is 17.3 Å². The number of rotatable bonds is 5. The zero-order valence-corrected chi connectivity index (χ0v) is 11.3. The van der Waals surface area contributed by atoms with Crippen molar-refractivity contribution in [1.82, 2.24) is 4.90 Å². The van der Waals surface area contributed by atoms with Crippen LogP contribution in [-0.2, 0) is 16.0 Å². The van der Waals surface area contributed by atoms with Crippen molar-refractivity contribution in [2.24, 2.45) is 0 Å². The van der Waals surface area contributed by atoms with E-state index in [0.29, 0.717) is 5.56 Å². The fourth-order valence-electron chi connectivity index (χ4n) is 1.75. The molecule has 104 valence electrons. The van der Waals surface area contributed by atoms with Crippen LogP contribution in [0.25, 0.3) is 0 Å². The Morgan fingerprint density at radius 1 is 1.32 bits per heavy atom. The minimum atomic E-state index is -0.976. The van der Waals surface area contributed by atoms with Gasteiger partial charge in [-0.25, -0.2) is 4.39 Å². The number of hydrogen-bond donors (Lipinski definition) is 1. The van der Waals surface area contributed by atoms with E-state index >= 15 is 0 Å². The zero-order valence-electron chi connectivity index (χ0n) is 11.3. The summed E-state index contributed by atoms with van der Waals surface area (Å²) in [5, 5.41) is 8.82. The van der Waals surface area contributed by atoms with Crippen LogP contribution in [0.15, 0.2) is 24.3 Å². The highest BCUT2D eigenvalue weighted by Gasteiger charge is 2.30. The van der Waals surface area contributed by atoms with Gasteiger partial charge >= 0.3 is 5.97 Å². The average molecular weight is 267 g/mol. The Labute approximate surface area is 111 Å². The summed E-state index contributed by atoms with van der Waals surface area (Å²) < 4.78 is 13.5. The fourth-order valence-corrected chi connectivity index (χ4v) is 1.75. The van der Waals surface area contributed by atoms with Crippen LogP contribution in [0.1, 0.15) is 25.8 Å². The molecule has 0 aliphatic heterocycles. The summed E-state index contributed by atoms with van der Waals surface area (Å²) in [6.45, 7) is 3.33. The van der Waals surface area contributed by atoms with E-state index in [1.807, 2.05) is 0 Å². The average Bonchev–Trinajstić information content (AvgIpc) is 2.29. The van der Waals surface area contributed by atoms with Gasteiger partial charge in [0.05, 0.1) is 12.8 Å². The molecule has 1 amide bonds. The molecule has 1 aromatic carbocycles. The number of benzene rings is 1. The molecular weight excluding hydrogens is 249 g/mol. The number of aliphatic carboxylic acids is 1. The van der Waals surface area contributed by atoms with Crippen LogP contribution in [0.2, 0.25) is 0 Å². The minimum absolute atomic E-state index is 0.0772. The van der Waals surface area contributed by atoms with Gasteiger partial charge in [-0.15, -0.1) is 0 Å². The number of carboxylic acid groups (broad SMARTS) is 1. The van der Waals surface area contributed by atoms with Crippen LogP contribution in [-0.4, -0.2) is 34.5 Å². The monoisotopic (exact) mass is 267 g/mol. The predicted octanol–water partition coefficient (Wildman–Crippen LogP) is 2.08. The highest BCUT2D eigenvalue weighted by molar-refractivity contribution is 5.80. The number of carbonyl (C=O) groups excluding carboxylic acids is 1. The van der Waals surface area contributed by atoms with Gasteiger partial charge in [-0.1, -0.05) is 18.2 Å². The number of halogens is 1. The van der Waals surface area contributed by atoms with E-state index in [-0.39, 0.29) is 18.7 Å². The highest BCUT2D eigenvalue weighted by atomic mass is 19.1. The summed E-state index contributed by atoms with van der Waals surface area (Å²) >= 11 is 0. The zero-order chi connectivity index (χ0) is 14.6. The summed E-state index contributed by atoms with van der Waals surface area (Å²) in [5.74, 6) is -1.72. The Morgan fingerprint density at radius 3 is 2.42 bits per heavy atom. The molecule has 1 aromatic rings. The Hall–Kier alpha value is -1.91. The second-order valence-electron chi connectivity index (χ2n) is 5.10. The van der Waals surface area contributed by atoms with E-state index in [1.54, 1.807) is 32.0 Å². The smallest absolute Gasteiger partial charge is 0.305 e. The minimum Gasteiger partial charge on any atom is -0.481 e. The van der Waals surface area contributed by atoms with Gasteiger partial charge in [0.1, 0.15) is 5.82 Å². The van der Waals surface area contributed by atoms with Crippen molar-refractivity contribution in [2.45, 2.75) is 32.2 Å². The van der Waals surface area contributed by atoms with Crippen LogP contribution >= 0.6 is 0 Å². The maximum absolute atomic E-state index is 13.5. The number of carbonyl (C=O) groups is 2. The van der Waals surface area contributed by atoms with Crippen LogP contribution in [0.4, 0.5) is 4.39 Å². The van der Waals surface area contributed by atoms with Crippen molar-refractivity contribution in [3.8, 4) is 0 Å². The Kier molecular flexibility index (Phi) is 4.64. The molecule has 19 heavy (non-hydrogen) atoms. The molecule has 0 bridgehead atoms. The van der Waals surface area contributed by atoms with Crippen LogP contribution < -0.4 is 0 Å².